The minimum absolute atomic E-state index is 0. The van der Waals surface area contributed by atoms with Gasteiger partial charge in [0, 0.05) is 66.6 Å². The molecule has 0 heterocycles. The first-order valence-electron chi connectivity index (χ1n) is 17.9. The molecule has 4 rings (SSSR count). The van der Waals surface area contributed by atoms with Gasteiger partial charge in [-0.25, -0.2) is 4.79 Å². The number of ether oxygens (including phenoxy) is 5. The van der Waals surface area contributed by atoms with Crippen molar-refractivity contribution in [3.8, 4) is 11.5 Å². The van der Waals surface area contributed by atoms with E-state index in [1.807, 2.05) is 116 Å². The molecule has 0 fully saturated rings. The summed E-state index contributed by atoms with van der Waals surface area (Å²) in [6.45, 7) is 22.0. The number of carbonyl (C=O) groups excluding carboxylic acids is 4. The number of hydrogen-bond donors (Lipinski definition) is 0. The van der Waals surface area contributed by atoms with Crippen molar-refractivity contribution in [3.05, 3.63) is 138 Å². The summed E-state index contributed by atoms with van der Waals surface area (Å²) in [6.07, 6.45) is 0.838. The van der Waals surface area contributed by atoms with Crippen molar-refractivity contribution < 1.29 is 75.6 Å². The SMILES string of the molecule is C.CC.CC.CC.CC.COC.COC(=O)c1ccccc1.COC(C)=O.COc1ccc(Cc2ccc(OC(C)=O)cc2)cc1.[CH2-]C(=O)c1ccccc1.[Y]. The zero-order valence-corrected chi connectivity index (χ0v) is 38.9. The van der Waals surface area contributed by atoms with Crippen molar-refractivity contribution in [2.75, 3.05) is 35.5 Å². The molecule has 0 aliphatic rings. The van der Waals surface area contributed by atoms with Crippen LogP contribution in [0.5, 0.6) is 11.5 Å². The van der Waals surface area contributed by atoms with E-state index in [2.05, 4.69) is 21.1 Å². The van der Waals surface area contributed by atoms with Crippen molar-refractivity contribution in [2.24, 2.45) is 0 Å². The van der Waals surface area contributed by atoms with Gasteiger partial charge in [0.25, 0.3) is 0 Å². The summed E-state index contributed by atoms with van der Waals surface area (Å²) in [6, 6.07) is 33.4. The molecule has 0 atom stereocenters. The van der Waals surface area contributed by atoms with Crippen LogP contribution in [-0.2, 0) is 62.9 Å². The molecule has 56 heavy (non-hydrogen) atoms. The van der Waals surface area contributed by atoms with Gasteiger partial charge in [-0.2, -0.15) is 6.92 Å². The second-order valence-electron chi connectivity index (χ2n) is 9.01. The monoisotopic (exact) mass is 856 g/mol. The molecule has 313 valence electrons. The minimum Gasteiger partial charge on any atom is -0.497 e. The zero-order chi connectivity index (χ0) is 42.7. The van der Waals surface area contributed by atoms with Crippen molar-refractivity contribution in [3.63, 3.8) is 0 Å². The van der Waals surface area contributed by atoms with Crippen molar-refractivity contribution >= 4 is 23.7 Å². The Morgan fingerprint density at radius 3 is 1.07 bits per heavy atom. The summed E-state index contributed by atoms with van der Waals surface area (Å²) in [5.41, 5.74) is 3.63. The third-order valence-electron chi connectivity index (χ3n) is 5.33. The maximum absolute atomic E-state index is 10.8. The zero-order valence-electron chi connectivity index (χ0n) is 36.1. The van der Waals surface area contributed by atoms with Gasteiger partial charge in [-0.1, -0.05) is 123 Å². The third-order valence-corrected chi connectivity index (χ3v) is 5.33. The molecular formula is C46H71O9Y-. The number of carbonyl (C=O) groups is 4. The van der Waals surface area contributed by atoms with Crippen LogP contribution < -0.4 is 9.47 Å². The Bertz CT molecular complexity index is 1410. The van der Waals surface area contributed by atoms with E-state index < -0.39 is 0 Å². The van der Waals surface area contributed by atoms with Crippen molar-refractivity contribution in [2.45, 2.75) is 83.1 Å². The number of esters is 3. The molecule has 9 nitrogen and oxygen atoms in total. The van der Waals surface area contributed by atoms with E-state index in [1.165, 1.54) is 39.2 Å². The Balaban J connectivity index is -0.000000112. The Labute approximate surface area is 365 Å². The van der Waals surface area contributed by atoms with Crippen LogP contribution in [0.2, 0.25) is 0 Å². The Hall–Kier alpha value is -4.31. The van der Waals surface area contributed by atoms with Crippen LogP contribution in [0.1, 0.15) is 109 Å². The van der Waals surface area contributed by atoms with Gasteiger partial charge in [-0.3, -0.25) is 9.59 Å². The topological polar surface area (TPSA) is 114 Å². The molecule has 1 radical (unpaired) electrons. The van der Waals surface area contributed by atoms with Gasteiger partial charge in [0.2, 0.25) is 0 Å². The molecule has 4 aromatic carbocycles. The van der Waals surface area contributed by atoms with E-state index in [4.69, 9.17) is 9.47 Å². The van der Waals surface area contributed by atoms with E-state index >= 15 is 0 Å². The van der Waals surface area contributed by atoms with Gasteiger partial charge in [0.15, 0.2) is 0 Å². The van der Waals surface area contributed by atoms with E-state index in [1.54, 1.807) is 69.9 Å². The summed E-state index contributed by atoms with van der Waals surface area (Å²) in [5.74, 6) is 0.462. The molecule has 0 amide bonds. The first-order chi connectivity index (χ1) is 26.0. The number of hydrogen-bond acceptors (Lipinski definition) is 9. The van der Waals surface area contributed by atoms with E-state index in [9.17, 15) is 19.2 Å². The van der Waals surface area contributed by atoms with Gasteiger partial charge in [-0.15, -0.1) is 17.7 Å². The summed E-state index contributed by atoms with van der Waals surface area (Å²) < 4.78 is 23.0. The summed E-state index contributed by atoms with van der Waals surface area (Å²) >= 11 is 0. The molecule has 0 N–H and O–H groups in total. The molecule has 0 unspecified atom stereocenters. The summed E-state index contributed by atoms with van der Waals surface area (Å²) in [5, 5.41) is 0. The van der Waals surface area contributed by atoms with Crippen molar-refractivity contribution in [1.82, 2.24) is 0 Å². The molecule has 0 spiro atoms. The average Bonchev–Trinajstić information content (AvgIpc) is 3.23. The first kappa shape index (κ1) is 66.5. The standard InChI is InChI=1S/C16H16O3.C8H8O2.C8H7O.C3H6O2.C2H6O.4C2H6.CH4.Y/c1-12(17)19-16-9-5-14(6-10-16)11-13-3-7-15(18-2)8-4-13;1-10-8(9)7-5-3-2-4-6-7;1-7(9)8-5-3-2-4-6-8;1-3(4)5-2;1-3-2;4*1-2;;/h3-10H,11H2,1-2H3;2-6H,1H3;2-6H,1H2;1-2H3;1-2H3;4*1-2H3;1H4;/q;;-1;;;;;;;;. The first-order valence-corrected chi connectivity index (χ1v) is 17.9. The Morgan fingerprint density at radius 2 is 0.821 bits per heavy atom. The van der Waals surface area contributed by atoms with Gasteiger partial charge in [0.05, 0.1) is 26.9 Å². The van der Waals surface area contributed by atoms with Crippen LogP contribution in [0.15, 0.2) is 109 Å². The van der Waals surface area contributed by atoms with Crippen molar-refractivity contribution in [1.29, 1.82) is 0 Å². The minimum atomic E-state index is -0.303. The van der Waals surface area contributed by atoms with E-state index in [0.717, 1.165) is 12.2 Å². The largest absolute Gasteiger partial charge is 0.497 e. The van der Waals surface area contributed by atoms with Gasteiger partial charge in [0.1, 0.15) is 11.5 Å². The van der Waals surface area contributed by atoms with Crippen LogP contribution in [0, 0.1) is 6.92 Å². The number of benzene rings is 4. The fraction of sp³-hybridized carbons (Fsp3) is 0.370. The molecule has 0 aliphatic carbocycles. The molecule has 10 heteroatoms. The van der Waals surface area contributed by atoms with Crippen LogP contribution in [0.4, 0.5) is 0 Å². The van der Waals surface area contributed by atoms with Gasteiger partial charge >= 0.3 is 17.9 Å². The molecular weight excluding hydrogens is 785 g/mol. The Morgan fingerprint density at radius 1 is 0.500 bits per heavy atom. The summed E-state index contributed by atoms with van der Waals surface area (Å²) in [4.78, 5) is 41.7. The maximum atomic E-state index is 10.8. The molecule has 0 saturated heterocycles. The van der Waals surface area contributed by atoms with Crippen LogP contribution in [0.25, 0.3) is 0 Å². The number of methoxy groups -OCH3 is 4. The predicted molar refractivity (Wildman–Crippen MR) is 230 cm³/mol. The molecule has 0 aliphatic heterocycles. The number of rotatable bonds is 6. The van der Waals surface area contributed by atoms with Crippen LogP contribution in [-0.4, -0.2) is 59.2 Å². The molecule has 4 aromatic rings. The van der Waals surface area contributed by atoms with Gasteiger partial charge < -0.3 is 28.5 Å². The molecule has 0 saturated carbocycles. The molecule has 0 aromatic heterocycles. The molecule has 0 bridgehead atoms. The third kappa shape index (κ3) is 40.9. The van der Waals surface area contributed by atoms with E-state index in [0.29, 0.717) is 16.9 Å². The van der Waals surface area contributed by atoms with Crippen LogP contribution in [0.3, 0.4) is 0 Å². The number of ketones is 1. The summed E-state index contributed by atoms with van der Waals surface area (Å²) in [7, 11) is 7.63. The fourth-order valence-corrected chi connectivity index (χ4v) is 3.14. The normalized spacial score (nSPS) is 7.77. The number of Topliss-reactive ketones (excluding diaryl/α,β-unsaturated/α-hetero) is 1. The Kier molecular flexibility index (Phi) is 60.2. The second kappa shape index (κ2) is 50.7. The quantitative estimate of drug-likeness (QED) is 0.0809. The maximum Gasteiger partial charge on any atom is 0.337 e. The second-order valence-corrected chi connectivity index (χ2v) is 9.01. The average molecular weight is 857 g/mol. The van der Waals surface area contributed by atoms with E-state index in [-0.39, 0.29) is 63.8 Å². The predicted octanol–water partition coefficient (Wildman–Crippen LogP) is 11.6. The van der Waals surface area contributed by atoms with Crippen LogP contribution >= 0.6 is 0 Å². The van der Waals surface area contributed by atoms with Gasteiger partial charge in [-0.05, 0) is 53.9 Å². The smallest absolute Gasteiger partial charge is 0.337 e. The fourth-order valence-electron chi connectivity index (χ4n) is 3.14.